The lowest BCUT2D eigenvalue weighted by Crippen LogP contribution is -2.60. The Hall–Kier alpha value is -3.24. The number of carbonyl (C=O) groups is 1. The van der Waals surface area contributed by atoms with Gasteiger partial charge in [0.15, 0.2) is 0 Å². The highest BCUT2D eigenvalue weighted by Gasteiger charge is 2.60. The average Bonchev–Trinajstić information content (AvgIpc) is 3.33. The van der Waals surface area contributed by atoms with Crippen molar-refractivity contribution in [2.24, 2.45) is 4.99 Å². The Balaban J connectivity index is 1.48. The van der Waals surface area contributed by atoms with Gasteiger partial charge in [-0.1, -0.05) is 68.2 Å². The number of nitrogens with zero attached hydrogens (tertiary/aromatic N) is 6. The van der Waals surface area contributed by atoms with Crippen LogP contribution in [0.1, 0.15) is 89.7 Å². The summed E-state index contributed by atoms with van der Waals surface area (Å²) in [5.74, 6) is 1.49. The summed E-state index contributed by atoms with van der Waals surface area (Å²) in [6.45, 7) is 15.6. The third-order valence-electron chi connectivity index (χ3n) is 10.6. The maximum absolute atomic E-state index is 15.2. The second-order valence-electron chi connectivity index (χ2n) is 14.8. The Labute approximate surface area is 300 Å². The van der Waals surface area contributed by atoms with E-state index in [4.69, 9.17) is 42.9 Å². The van der Waals surface area contributed by atoms with Gasteiger partial charge < -0.3 is 19.6 Å². The van der Waals surface area contributed by atoms with Crippen LogP contribution in [0.4, 0.5) is 4.79 Å². The van der Waals surface area contributed by atoms with Crippen molar-refractivity contribution in [3.05, 3.63) is 87.3 Å². The Morgan fingerprint density at radius 3 is 2.04 bits per heavy atom. The molecule has 1 N–H and O–H groups in total. The number of carbonyl (C=O) groups excluding carboxylic acids is 1. The van der Waals surface area contributed by atoms with E-state index in [1.54, 1.807) is 6.20 Å². The summed E-state index contributed by atoms with van der Waals surface area (Å²) in [5.41, 5.74) is 0.0537. The van der Waals surface area contributed by atoms with Crippen molar-refractivity contribution in [1.82, 2.24) is 24.7 Å². The standard InChI is InChI=1S/C38H48Cl2N6O3/c1-7-49-33-31(24-41-34(42-33)36(2,3)4)32-43-37(5,25-8-12-27(39)13-9-25)38(6,26-10-14-28(40)15-11-26)46(32)35(48)45-20-16-29(17-21-45)44-22-18-30(47)19-23-44/h8-15,24,29-30,47H,7,16-23H2,1-6H3/t37-,38+/m0/s1. The topological polar surface area (TPSA) is 94.4 Å². The minimum absolute atomic E-state index is 0.135. The Morgan fingerprint density at radius 1 is 0.918 bits per heavy atom. The van der Waals surface area contributed by atoms with E-state index in [1.165, 1.54) is 0 Å². The molecule has 49 heavy (non-hydrogen) atoms. The molecule has 2 amide bonds. The van der Waals surface area contributed by atoms with Crippen LogP contribution in [0.15, 0.2) is 59.7 Å². The van der Waals surface area contributed by atoms with Crippen LogP contribution < -0.4 is 4.74 Å². The van der Waals surface area contributed by atoms with Gasteiger partial charge in [-0.3, -0.25) is 9.89 Å². The number of hydrogen-bond acceptors (Lipinski definition) is 7. The first kappa shape index (κ1) is 35.6. The van der Waals surface area contributed by atoms with Gasteiger partial charge in [0.25, 0.3) is 0 Å². The van der Waals surface area contributed by atoms with Crippen molar-refractivity contribution in [2.45, 2.75) is 95.9 Å². The zero-order valence-electron chi connectivity index (χ0n) is 29.4. The molecule has 1 aromatic heterocycles. The molecule has 6 rings (SSSR count). The molecule has 2 saturated heterocycles. The van der Waals surface area contributed by atoms with E-state index in [0.717, 1.165) is 49.9 Å². The van der Waals surface area contributed by atoms with E-state index in [9.17, 15) is 5.11 Å². The number of amides is 2. The van der Waals surface area contributed by atoms with Gasteiger partial charge in [-0.15, -0.1) is 0 Å². The number of hydrogen-bond donors (Lipinski definition) is 1. The molecular weight excluding hydrogens is 659 g/mol. The highest BCUT2D eigenvalue weighted by molar-refractivity contribution is 6.30. The van der Waals surface area contributed by atoms with E-state index in [1.807, 2.05) is 65.3 Å². The van der Waals surface area contributed by atoms with Gasteiger partial charge in [-0.05, 0) is 81.8 Å². The summed E-state index contributed by atoms with van der Waals surface area (Å²) in [6, 6.07) is 15.6. The summed E-state index contributed by atoms with van der Waals surface area (Å²) in [5, 5.41) is 11.3. The molecule has 3 aromatic rings. The fraction of sp³-hybridized carbons (Fsp3) is 0.526. The minimum Gasteiger partial charge on any atom is -0.477 e. The van der Waals surface area contributed by atoms with Crippen LogP contribution in [-0.2, 0) is 16.5 Å². The van der Waals surface area contributed by atoms with Crippen molar-refractivity contribution in [3.63, 3.8) is 0 Å². The first-order valence-corrected chi connectivity index (χ1v) is 18.2. The lowest BCUT2D eigenvalue weighted by molar-refractivity contribution is 0.0384. The highest BCUT2D eigenvalue weighted by atomic mass is 35.5. The zero-order chi connectivity index (χ0) is 35.1. The number of amidine groups is 1. The maximum atomic E-state index is 15.2. The minimum atomic E-state index is -1.01. The Kier molecular flexibility index (Phi) is 10.0. The summed E-state index contributed by atoms with van der Waals surface area (Å²) in [7, 11) is 0. The van der Waals surface area contributed by atoms with E-state index in [-0.39, 0.29) is 17.6 Å². The lowest BCUT2D eigenvalue weighted by atomic mass is 9.71. The second-order valence-corrected chi connectivity index (χ2v) is 15.7. The summed E-state index contributed by atoms with van der Waals surface area (Å²) < 4.78 is 6.19. The molecule has 9 nitrogen and oxygen atoms in total. The molecule has 3 aliphatic heterocycles. The molecule has 2 aromatic carbocycles. The van der Waals surface area contributed by atoms with Gasteiger partial charge in [-0.2, -0.15) is 4.98 Å². The number of benzene rings is 2. The largest absolute Gasteiger partial charge is 0.477 e. The van der Waals surface area contributed by atoms with Crippen LogP contribution in [0, 0.1) is 0 Å². The quantitative estimate of drug-likeness (QED) is 0.287. The monoisotopic (exact) mass is 706 g/mol. The average molecular weight is 708 g/mol. The molecule has 4 heterocycles. The molecule has 2 fully saturated rings. The van der Waals surface area contributed by atoms with Gasteiger partial charge in [0.2, 0.25) is 5.88 Å². The number of aliphatic hydroxyl groups is 1. The highest BCUT2D eigenvalue weighted by Crippen LogP contribution is 2.54. The number of aromatic nitrogens is 2. The van der Waals surface area contributed by atoms with Crippen molar-refractivity contribution in [2.75, 3.05) is 32.8 Å². The van der Waals surface area contributed by atoms with E-state index in [0.29, 0.717) is 58.9 Å². The molecule has 0 radical (unpaired) electrons. The molecule has 0 unspecified atom stereocenters. The van der Waals surface area contributed by atoms with Gasteiger partial charge in [0.1, 0.15) is 22.7 Å². The van der Waals surface area contributed by atoms with Crippen LogP contribution >= 0.6 is 23.2 Å². The van der Waals surface area contributed by atoms with Crippen molar-refractivity contribution < 1.29 is 14.6 Å². The molecule has 11 heteroatoms. The van der Waals surface area contributed by atoms with E-state index >= 15 is 4.79 Å². The third kappa shape index (κ3) is 6.67. The van der Waals surface area contributed by atoms with Gasteiger partial charge >= 0.3 is 6.03 Å². The molecular formula is C38H48Cl2N6O3. The first-order valence-electron chi connectivity index (χ1n) is 17.4. The van der Waals surface area contributed by atoms with Crippen molar-refractivity contribution in [1.29, 1.82) is 0 Å². The van der Waals surface area contributed by atoms with Crippen LogP contribution in [0.25, 0.3) is 0 Å². The Morgan fingerprint density at radius 2 is 1.49 bits per heavy atom. The number of urea groups is 1. The lowest BCUT2D eigenvalue weighted by Gasteiger charge is -2.48. The van der Waals surface area contributed by atoms with Crippen molar-refractivity contribution in [3.8, 4) is 5.88 Å². The van der Waals surface area contributed by atoms with Crippen LogP contribution in [0.2, 0.25) is 10.0 Å². The fourth-order valence-electron chi connectivity index (χ4n) is 7.51. The number of aliphatic hydroxyl groups excluding tert-OH is 1. The van der Waals surface area contributed by atoms with E-state index in [2.05, 4.69) is 39.5 Å². The number of likely N-dealkylation sites (tertiary alicyclic amines) is 2. The number of piperidine rings is 2. The molecule has 0 saturated carbocycles. The Bertz CT molecular complexity index is 1680. The number of ether oxygens (including phenoxy) is 1. The fourth-order valence-corrected chi connectivity index (χ4v) is 7.76. The first-order chi connectivity index (χ1) is 23.3. The normalized spacial score (nSPS) is 24.3. The number of aliphatic imine (C=N–C) groups is 1. The molecule has 262 valence electrons. The molecule has 0 bridgehead atoms. The van der Waals surface area contributed by atoms with E-state index < -0.39 is 11.1 Å². The second kappa shape index (κ2) is 13.8. The van der Waals surface area contributed by atoms with Crippen LogP contribution in [0.5, 0.6) is 5.88 Å². The smallest absolute Gasteiger partial charge is 0.326 e. The molecule has 2 atom stereocenters. The van der Waals surface area contributed by atoms with Crippen LogP contribution in [0.3, 0.4) is 0 Å². The number of rotatable bonds is 6. The van der Waals surface area contributed by atoms with Gasteiger partial charge in [-0.25, -0.2) is 9.78 Å². The maximum Gasteiger partial charge on any atom is 0.326 e. The SMILES string of the molecule is CCOc1nc(C(C)(C)C)ncc1C1=N[C@@](C)(c2ccc(Cl)cc2)[C@@](C)(c2ccc(Cl)cc2)N1C(=O)N1CCC(N2CCC(O)CC2)CC1. The van der Waals surface area contributed by atoms with Crippen molar-refractivity contribution >= 4 is 35.1 Å². The summed E-state index contributed by atoms with van der Waals surface area (Å²) in [6.07, 6.45) is 4.87. The molecule has 0 aliphatic carbocycles. The predicted molar refractivity (Wildman–Crippen MR) is 195 cm³/mol. The van der Waals surface area contributed by atoms with Crippen LogP contribution in [-0.4, -0.2) is 86.6 Å². The number of halogens is 2. The summed E-state index contributed by atoms with van der Waals surface area (Å²) in [4.78, 5) is 36.7. The zero-order valence-corrected chi connectivity index (χ0v) is 30.9. The molecule has 0 spiro atoms. The van der Waals surface area contributed by atoms with Gasteiger partial charge in [0.05, 0.1) is 18.3 Å². The summed E-state index contributed by atoms with van der Waals surface area (Å²) >= 11 is 12.8. The molecule has 3 aliphatic rings. The third-order valence-corrected chi connectivity index (χ3v) is 11.1. The predicted octanol–water partition coefficient (Wildman–Crippen LogP) is 7.41. The van der Waals surface area contributed by atoms with Gasteiger partial charge in [0, 0.05) is 53.9 Å².